The van der Waals surface area contributed by atoms with Gasteiger partial charge >= 0.3 is 11.9 Å². The maximum absolute atomic E-state index is 12.2. The zero-order chi connectivity index (χ0) is 34.3. The Labute approximate surface area is 291 Å². The molecule has 5 nitrogen and oxygen atoms in total. The molecule has 0 aromatic heterocycles. The van der Waals surface area contributed by atoms with E-state index in [9.17, 15) is 14.7 Å². The van der Waals surface area contributed by atoms with Crippen LogP contribution in [0.15, 0.2) is 36.5 Å². The lowest BCUT2D eigenvalue weighted by molar-refractivity contribution is -0.161. The van der Waals surface area contributed by atoms with Gasteiger partial charge in [0.1, 0.15) is 6.61 Å². The molecule has 0 saturated carbocycles. The van der Waals surface area contributed by atoms with Gasteiger partial charge in [0.2, 0.25) is 0 Å². The summed E-state index contributed by atoms with van der Waals surface area (Å²) in [6.45, 7) is 4.10. The monoisotopic (exact) mass is 661 g/mol. The Morgan fingerprint density at radius 2 is 0.851 bits per heavy atom. The maximum atomic E-state index is 12.2. The number of carbonyl (C=O) groups is 2. The Hall–Kier alpha value is -1.88. The summed E-state index contributed by atoms with van der Waals surface area (Å²) in [5.41, 5.74) is 0. The molecule has 0 bridgehead atoms. The summed E-state index contributed by atoms with van der Waals surface area (Å²) in [5.74, 6) is -0.600. The molecule has 274 valence electrons. The van der Waals surface area contributed by atoms with Gasteiger partial charge in [-0.3, -0.25) is 9.59 Å². The van der Waals surface area contributed by atoms with Crippen molar-refractivity contribution in [3.63, 3.8) is 0 Å². The van der Waals surface area contributed by atoms with E-state index in [0.29, 0.717) is 12.8 Å². The number of allylic oxidation sites excluding steroid dienone is 6. The minimum atomic E-state index is -0.775. The van der Waals surface area contributed by atoms with Crippen molar-refractivity contribution in [2.45, 2.75) is 206 Å². The molecule has 0 aliphatic heterocycles. The van der Waals surface area contributed by atoms with Gasteiger partial charge < -0.3 is 14.6 Å². The second-order valence-electron chi connectivity index (χ2n) is 13.4. The van der Waals surface area contributed by atoms with E-state index >= 15 is 0 Å². The van der Waals surface area contributed by atoms with Crippen LogP contribution in [0.4, 0.5) is 0 Å². The molecule has 0 aromatic carbocycles. The molecule has 0 radical (unpaired) electrons. The molecule has 0 aliphatic carbocycles. The Morgan fingerprint density at radius 3 is 1.32 bits per heavy atom. The maximum Gasteiger partial charge on any atom is 0.306 e. The van der Waals surface area contributed by atoms with Crippen LogP contribution >= 0.6 is 0 Å². The normalized spacial score (nSPS) is 12.5. The summed E-state index contributed by atoms with van der Waals surface area (Å²) in [6, 6.07) is 0. The third-order valence-electron chi connectivity index (χ3n) is 8.69. The molecule has 1 N–H and O–H groups in total. The van der Waals surface area contributed by atoms with Crippen LogP contribution in [0.5, 0.6) is 0 Å². The van der Waals surface area contributed by atoms with Crippen LogP contribution in [0.25, 0.3) is 0 Å². The number of ether oxygens (including phenoxy) is 2. The lowest BCUT2D eigenvalue weighted by atomic mass is 10.0. The second-order valence-corrected chi connectivity index (χ2v) is 13.4. The molecule has 0 rings (SSSR count). The van der Waals surface area contributed by atoms with Crippen LogP contribution in [0.2, 0.25) is 0 Å². The predicted octanol–water partition coefficient (Wildman–Crippen LogP) is 12.5. The molecule has 0 saturated heterocycles. The Balaban J connectivity index is 3.57. The number of hydrogen-bond donors (Lipinski definition) is 1. The molecule has 47 heavy (non-hydrogen) atoms. The SMILES string of the molecule is CCCCC/C=C\C/C=C\C/C=C\CCCCCCCCC(=O)OC(CO)COC(=O)CCCCCCCCCCCCCCCC. The van der Waals surface area contributed by atoms with Crippen molar-refractivity contribution in [1.29, 1.82) is 0 Å². The highest BCUT2D eigenvalue weighted by Crippen LogP contribution is 2.14. The van der Waals surface area contributed by atoms with E-state index in [0.717, 1.165) is 57.8 Å². The van der Waals surface area contributed by atoms with Crippen LogP contribution in [0.3, 0.4) is 0 Å². The largest absolute Gasteiger partial charge is 0.462 e. The van der Waals surface area contributed by atoms with E-state index in [-0.39, 0.29) is 25.2 Å². The zero-order valence-electron chi connectivity index (χ0n) is 31.0. The highest BCUT2D eigenvalue weighted by atomic mass is 16.6. The Bertz CT molecular complexity index is 756. The summed E-state index contributed by atoms with van der Waals surface area (Å²) >= 11 is 0. The first kappa shape index (κ1) is 45.1. The van der Waals surface area contributed by atoms with E-state index in [1.54, 1.807) is 0 Å². The molecular formula is C42H76O5. The molecule has 0 spiro atoms. The van der Waals surface area contributed by atoms with Crippen LogP contribution in [0.1, 0.15) is 200 Å². The fourth-order valence-electron chi connectivity index (χ4n) is 5.62. The van der Waals surface area contributed by atoms with Crippen LogP contribution < -0.4 is 0 Å². The topological polar surface area (TPSA) is 72.8 Å². The van der Waals surface area contributed by atoms with Gasteiger partial charge in [-0.05, 0) is 51.4 Å². The number of aliphatic hydroxyl groups is 1. The van der Waals surface area contributed by atoms with E-state index in [2.05, 4.69) is 50.3 Å². The van der Waals surface area contributed by atoms with E-state index in [1.807, 2.05) is 0 Å². The van der Waals surface area contributed by atoms with Crippen molar-refractivity contribution < 1.29 is 24.2 Å². The summed E-state index contributed by atoms with van der Waals surface area (Å²) < 4.78 is 10.6. The van der Waals surface area contributed by atoms with E-state index in [1.165, 1.54) is 116 Å². The molecular weight excluding hydrogens is 584 g/mol. The number of aliphatic hydroxyl groups excluding tert-OH is 1. The minimum Gasteiger partial charge on any atom is -0.462 e. The molecule has 0 amide bonds. The molecule has 1 unspecified atom stereocenters. The molecule has 0 aromatic rings. The van der Waals surface area contributed by atoms with Crippen molar-refractivity contribution in [3.05, 3.63) is 36.5 Å². The first-order valence-electron chi connectivity index (χ1n) is 20.0. The summed E-state index contributed by atoms with van der Waals surface area (Å²) in [7, 11) is 0. The summed E-state index contributed by atoms with van der Waals surface area (Å²) in [5, 5.41) is 9.55. The van der Waals surface area contributed by atoms with Crippen molar-refractivity contribution in [2.75, 3.05) is 13.2 Å². The number of carbonyl (C=O) groups excluding carboxylic acids is 2. The molecule has 1 atom stereocenters. The van der Waals surface area contributed by atoms with Gasteiger partial charge in [0.05, 0.1) is 6.61 Å². The smallest absolute Gasteiger partial charge is 0.306 e. The van der Waals surface area contributed by atoms with Crippen molar-refractivity contribution in [1.82, 2.24) is 0 Å². The van der Waals surface area contributed by atoms with Crippen molar-refractivity contribution in [2.24, 2.45) is 0 Å². The number of hydrogen-bond acceptors (Lipinski definition) is 5. The third kappa shape index (κ3) is 36.8. The van der Waals surface area contributed by atoms with Gasteiger partial charge in [-0.2, -0.15) is 0 Å². The Morgan fingerprint density at radius 1 is 0.489 bits per heavy atom. The van der Waals surface area contributed by atoms with Crippen LogP contribution in [0, 0.1) is 0 Å². The summed E-state index contributed by atoms with van der Waals surface area (Å²) in [4.78, 5) is 24.2. The van der Waals surface area contributed by atoms with Gasteiger partial charge in [-0.25, -0.2) is 0 Å². The molecule has 0 aliphatic rings. The van der Waals surface area contributed by atoms with Gasteiger partial charge in [-0.1, -0.05) is 172 Å². The molecule has 0 fully saturated rings. The second kappa shape index (κ2) is 38.6. The van der Waals surface area contributed by atoms with Crippen LogP contribution in [-0.2, 0) is 19.1 Å². The summed E-state index contributed by atoms with van der Waals surface area (Å²) in [6.07, 6.45) is 46.3. The van der Waals surface area contributed by atoms with Gasteiger partial charge in [-0.15, -0.1) is 0 Å². The van der Waals surface area contributed by atoms with E-state index < -0.39 is 6.10 Å². The van der Waals surface area contributed by atoms with Gasteiger partial charge in [0.15, 0.2) is 6.10 Å². The lowest BCUT2D eigenvalue weighted by Crippen LogP contribution is -2.28. The quantitative estimate of drug-likeness (QED) is 0.0411. The lowest BCUT2D eigenvalue weighted by Gasteiger charge is -2.15. The Kier molecular flexibility index (Phi) is 37.0. The molecule has 0 heterocycles. The molecule has 5 heteroatoms. The average molecular weight is 661 g/mol. The average Bonchev–Trinajstić information content (AvgIpc) is 3.07. The van der Waals surface area contributed by atoms with Crippen molar-refractivity contribution >= 4 is 11.9 Å². The predicted molar refractivity (Wildman–Crippen MR) is 201 cm³/mol. The third-order valence-corrected chi connectivity index (χ3v) is 8.69. The fraction of sp³-hybridized carbons (Fsp3) is 0.810. The number of unbranched alkanes of at least 4 members (excludes halogenated alkanes) is 22. The standard InChI is InChI=1S/C42H76O5/c1-3-5-7-9-11-13-15-17-19-20-21-22-23-25-27-29-31-33-35-37-42(45)47-40(38-43)39-46-41(44)36-34-32-30-28-26-24-18-16-14-12-10-8-6-4-2/h11,13,17,19,21-22,40,43H,3-10,12,14-16,18,20,23-39H2,1-2H3/b13-11-,19-17-,22-21-. The first-order valence-corrected chi connectivity index (χ1v) is 20.0. The van der Waals surface area contributed by atoms with E-state index in [4.69, 9.17) is 9.47 Å². The zero-order valence-corrected chi connectivity index (χ0v) is 31.0. The van der Waals surface area contributed by atoms with Gasteiger partial charge in [0, 0.05) is 12.8 Å². The van der Waals surface area contributed by atoms with Gasteiger partial charge in [0.25, 0.3) is 0 Å². The number of esters is 2. The number of rotatable bonds is 36. The van der Waals surface area contributed by atoms with Crippen LogP contribution in [-0.4, -0.2) is 36.4 Å². The fourth-order valence-corrected chi connectivity index (χ4v) is 5.62. The highest BCUT2D eigenvalue weighted by Gasteiger charge is 2.16. The highest BCUT2D eigenvalue weighted by molar-refractivity contribution is 5.70. The first-order chi connectivity index (χ1) is 23.1. The minimum absolute atomic E-state index is 0.0685. The van der Waals surface area contributed by atoms with Crippen molar-refractivity contribution in [3.8, 4) is 0 Å².